The molecule has 0 saturated carbocycles. The first-order chi connectivity index (χ1) is 13.4. The van der Waals surface area contributed by atoms with E-state index in [2.05, 4.69) is 0 Å². The van der Waals surface area contributed by atoms with E-state index in [9.17, 15) is 24.3 Å². The van der Waals surface area contributed by atoms with Crippen molar-refractivity contribution in [3.8, 4) is 5.75 Å². The molecule has 0 radical (unpaired) electrons. The average molecular weight is 381 g/mol. The number of benzene rings is 2. The zero-order valence-electron chi connectivity index (χ0n) is 15.3. The summed E-state index contributed by atoms with van der Waals surface area (Å²) in [6, 6.07) is 12.9. The van der Waals surface area contributed by atoms with Crippen molar-refractivity contribution in [2.24, 2.45) is 5.92 Å². The molecule has 3 rings (SSSR count). The largest absolute Gasteiger partial charge is 0.497 e. The summed E-state index contributed by atoms with van der Waals surface area (Å²) in [4.78, 5) is 49.8. The van der Waals surface area contributed by atoms with Gasteiger partial charge in [0.1, 0.15) is 5.75 Å². The third-order valence-corrected chi connectivity index (χ3v) is 4.77. The average Bonchev–Trinajstić information content (AvgIpc) is 2.95. The maximum Gasteiger partial charge on any atom is 0.307 e. The summed E-state index contributed by atoms with van der Waals surface area (Å²) in [5.41, 5.74) is 1.01. The van der Waals surface area contributed by atoms with Gasteiger partial charge in [-0.3, -0.25) is 24.1 Å². The Hall–Kier alpha value is -3.48. The Morgan fingerprint density at radius 2 is 1.57 bits per heavy atom. The fourth-order valence-electron chi connectivity index (χ4n) is 3.16. The number of methoxy groups -OCH3 is 1. The van der Waals surface area contributed by atoms with Crippen LogP contribution in [0.1, 0.15) is 43.9 Å². The maximum absolute atomic E-state index is 12.4. The van der Waals surface area contributed by atoms with Gasteiger partial charge in [0, 0.05) is 18.5 Å². The molecule has 1 aliphatic rings. The molecule has 28 heavy (non-hydrogen) atoms. The van der Waals surface area contributed by atoms with E-state index >= 15 is 0 Å². The first-order valence-electron chi connectivity index (χ1n) is 8.77. The molecule has 2 amide bonds. The van der Waals surface area contributed by atoms with E-state index in [1.165, 1.54) is 7.11 Å². The van der Waals surface area contributed by atoms with Gasteiger partial charge in [0.05, 0.1) is 24.2 Å². The number of rotatable bonds is 8. The molecular weight excluding hydrogens is 362 g/mol. The zero-order chi connectivity index (χ0) is 20.3. The van der Waals surface area contributed by atoms with Crippen LogP contribution in [0.5, 0.6) is 5.75 Å². The molecule has 0 aromatic heterocycles. The lowest BCUT2D eigenvalue weighted by molar-refractivity contribution is -0.142. The number of aliphatic carboxylic acids is 1. The Labute approximate surface area is 161 Å². The predicted molar refractivity (Wildman–Crippen MR) is 99.5 cm³/mol. The van der Waals surface area contributed by atoms with Crippen molar-refractivity contribution in [3.05, 3.63) is 65.2 Å². The quantitative estimate of drug-likeness (QED) is 0.557. The van der Waals surface area contributed by atoms with Gasteiger partial charge < -0.3 is 9.84 Å². The minimum atomic E-state index is -1.14. The number of fused-ring (bicyclic) bond motifs is 1. The molecule has 7 heteroatoms. The van der Waals surface area contributed by atoms with Crippen LogP contribution in [0.25, 0.3) is 0 Å². The Balaban J connectivity index is 1.65. The van der Waals surface area contributed by atoms with Gasteiger partial charge in [-0.15, -0.1) is 0 Å². The van der Waals surface area contributed by atoms with Crippen molar-refractivity contribution in [2.45, 2.75) is 12.8 Å². The molecule has 2 aromatic rings. The number of Topliss-reactive ketones (excluding diaryl/α,β-unsaturated/α-hetero) is 1. The van der Waals surface area contributed by atoms with Crippen molar-refractivity contribution in [2.75, 3.05) is 13.7 Å². The van der Waals surface area contributed by atoms with E-state index < -0.39 is 23.7 Å². The third-order valence-electron chi connectivity index (χ3n) is 4.77. The lowest BCUT2D eigenvalue weighted by Crippen LogP contribution is -2.33. The highest BCUT2D eigenvalue weighted by atomic mass is 16.5. The number of hydrogen-bond acceptors (Lipinski definition) is 5. The first kappa shape index (κ1) is 19.3. The summed E-state index contributed by atoms with van der Waals surface area (Å²) in [5, 5.41) is 9.47. The van der Waals surface area contributed by atoms with Crippen molar-refractivity contribution in [1.82, 2.24) is 4.90 Å². The van der Waals surface area contributed by atoms with Crippen LogP contribution in [0.4, 0.5) is 0 Å². The second kappa shape index (κ2) is 8.04. The molecular formula is C21H19NO6. The highest BCUT2D eigenvalue weighted by molar-refractivity contribution is 6.21. The SMILES string of the molecule is COc1ccc(C(=O)CC(CCN2C(=O)c3ccccc3C2=O)C(=O)O)cc1. The summed E-state index contributed by atoms with van der Waals surface area (Å²) in [7, 11) is 1.51. The van der Waals surface area contributed by atoms with E-state index in [1.807, 2.05) is 0 Å². The lowest BCUT2D eigenvalue weighted by Gasteiger charge is -2.17. The van der Waals surface area contributed by atoms with Crippen LogP contribution in [-0.2, 0) is 4.79 Å². The number of carbonyl (C=O) groups excluding carboxylic acids is 3. The summed E-state index contributed by atoms with van der Waals surface area (Å²) in [5.74, 6) is -2.75. The van der Waals surface area contributed by atoms with E-state index in [-0.39, 0.29) is 25.2 Å². The van der Waals surface area contributed by atoms with Gasteiger partial charge in [-0.1, -0.05) is 12.1 Å². The molecule has 1 heterocycles. The topological polar surface area (TPSA) is 101 Å². The van der Waals surface area contributed by atoms with E-state index in [0.717, 1.165) is 4.90 Å². The van der Waals surface area contributed by atoms with Crippen molar-refractivity contribution >= 4 is 23.6 Å². The van der Waals surface area contributed by atoms with E-state index in [4.69, 9.17) is 4.74 Å². The van der Waals surface area contributed by atoms with Gasteiger partial charge in [-0.05, 0) is 42.8 Å². The van der Waals surface area contributed by atoms with Crippen LogP contribution < -0.4 is 4.74 Å². The van der Waals surface area contributed by atoms with Crippen LogP contribution >= 0.6 is 0 Å². The van der Waals surface area contributed by atoms with Gasteiger partial charge in [-0.25, -0.2) is 0 Å². The van der Waals surface area contributed by atoms with Gasteiger partial charge in [-0.2, -0.15) is 0 Å². The number of carbonyl (C=O) groups is 4. The maximum atomic E-state index is 12.4. The van der Waals surface area contributed by atoms with Crippen LogP contribution in [0, 0.1) is 5.92 Å². The highest BCUT2D eigenvalue weighted by Gasteiger charge is 2.35. The Kier molecular flexibility index (Phi) is 5.54. The second-order valence-corrected chi connectivity index (χ2v) is 6.49. The molecule has 1 N–H and O–H groups in total. The number of nitrogens with zero attached hydrogens (tertiary/aromatic N) is 1. The Morgan fingerprint density at radius 1 is 1.00 bits per heavy atom. The second-order valence-electron chi connectivity index (χ2n) is 6.49. The van der Waals surface area contributed by atoms with Crippen LogP contribution in [-0.4, -0.2) is 47.2 Å². The fraction of sp³-hybridized carbons (Fsp3) is 0.238. The molecule has 0 aliphatic carbocycles. The van der Waals surface area contributed by atoms with Crippen molar-refractivity contribution < 1.29 is 29.0 Å². The molecule has 1 atom stereocenters. The number of carboxylic acid groups (broad SMARTS) is 1. The molecule has 2 aromatic carbocycles. The predicted octanol–water partition coefficient (Wildman–Crippen LogP) is 2.66. The zero-order valence-corrected chi connectivity index (χ0v) is 15.3. The first-order valence-corrected chi connectivity index (χ1v) is 8.77. The standard InChI is InChI=1S/C21H19NO6/c1-28-15-8-6-13(7-9-15)18(23)12-14(21(26)27)10-11-22-19(24)16-4-2-3-5-17(16)20(22)25/h2-9,14H,10-12H2,1H3,(H,26,27). The monoisotopic (exact) mass is 381 g/mol. The third kappa shape index (κ3) is 3.78. The number of amides is 2. The van der Waals surface area contributed by atoms with E-state index in [1.54, 1.807) is 48.5 Å². The molecule has 0 spiro atoms. The summed E-state index contributed by atoms with van der Waals surface area (Å²) >= 11 is 0. The number of ketones is 1. The minimum absolute atomic E-state index is 0.00268. The number of imide groups is 1. The molecule has 1 aliphatic heterocycles. The van der Waals surface area contributed by atoms with Crippen molar-refractivity contribution in [1.29, 1.82) is 0 Å². The molecule has 144 valence electrons. The minimum Gasteiger partial charge on any atom is -0.497 e. The summed E-state index contributed by atoms with van der Waals surface area (Å²) in [6.07, 6.45) is -0.215. The summed E-state index contributed by atoms with van der Waals surface area (Å²) < 4.78 is 5.04. The Morgan fingerprint density at radius 3 is 2.07 bits per heavy atom. The fourth-order valence-corrected chi connectivity index (χ4v) is 3.16. The Bertz CT molecular complexity index is 899. The molecule has 0 saturated heterocycles. The molecule has 1 unspecified atom stereocenters. The van der Waals surface area contributed by atoms with Gasteiger partial charge >= 0.3 is 5.97 Å². The van der Waals surface area contributed by atoms with Crippen LogP contribution in [0.2, 0.25) is 0 Å². The number of ether oxygens (including phenoxy) is 1. The molecule has 7 nitrogen and oxygen atoms in total. The van der Waals surface area contributed by atoms with Crippen molar-refractivity contribution in [3.63, 3.8) is 0 Å². The normalized spacial score (nSPS) is 14.0. The number of hydrogen-bond donors (Lipinski definition) is 1. The number of carboxylic acids is 1. The molecule has 0 bridgehead atoms. The van der Waals surface area contributed by atoms with Crippen LogP contribution in [0.3, 0.4) is 0 Å². The lowest BCUT2D eigenvalue weighted by atomic mass is 9.95. The van der Waals surface area contributed by atoms with Gasteiger partial charge in [0.15, 0.2) is 5.78 Å². The smallest absolute Gasteiger partial charge is 0.307 e. The van der Waals surface area contributed by atoms with Gasteiger partial charge in [0.25, 0.3) is 11.8 Å². The highest BCUT2D eigenvalue weighted by Crippen LogP contribution is 2.24. The van der Waals surface area contributed by atoms with Crippen LogP contribution in [0.15, 0.2) is 48.5 Å². The molecule has 0 fully saturated rings. The van der Waals surface area contributed by atoms with Gasteiger partial charge in [0.2, 0.25) is 0 Å². The van der Waals surface area contributed by atoms with E-state index in [0.29, 0.717) is 22.4 Å². The summed E-state index contributed by atoms with van der Waals surface area (Å²) in [6.45, 7) is -0.0563.